The third kappa shape index (κ3) is 2.96. The molecule has 1 aromatic heterocycles. The summed E-state index contributed by atoms with van der Waals surface area (Å²) in [6, 6.07) is 7.20. The van der Waals surface area contributed by atoms with E-state index in [1.54, 1.807) is 6.07 Å². The van der Waals surface area contributed by atoms with Gasteiger partial charge in [0.05, 0.1) is 21.8 Å². The first-order valence-corrected chi connectivity index (χ1v) is 7.33. The molecule has 0 fully saturated rings. The molecule has 114 valence electrons. The SMILES string of the molecule is Cc1cc(C(O)C(O)CN)c(C)n1-c1cccc(Cl)c1Cl. The molecule has 0 aliphatic rings. The zero-order valence-corrected chi connectivity index (χ0v) is 13.4. The summed E-state index contributed by atoms with van der Waals surface area (Å²) in [7, 11) is 0. The Morgan fingerprint density at radius 2 is 1.90 bits per heavy atom. The monoisotopic (exact) mass is 328 g/mol. The molecule has 4 N–H and O–H groups in total. The standard InChI is InChI=1S/C15H18Cl2N2O2/c1-8-6-10(15(21)13(20)7-18)9(2)19(8)12-5-3-4-11(16)14(12)17/h3-6,13,15,20-21H,7,18H2,1-2H3. The molecule has 2 atom stereocenters. The molecule has 0 bridgehead atoms. The number of aryl methyl sites for hydroxylation is 1. The molecule has 6 heteroatoms. The van der Waals surface area contributed by atoms with Crippen molar-refractivity contribution in [2.24, 2.45) is 5.73 Å². The fraction of sp³-hybridized carbons (Fsp3) is 0.333. The van der Waals surface area contributed by atoms with Crippen molar-refractivity contribution < 1.29 is 10.2 Å². The van der Waals surface area contributed by atoms with Gasteiger partial charge in [-0.15, -0.1) is 0 Å². The molecule has 0 saturated heterocycles. The third-order valence-corrected chi connectivity index (χ3v) is 4.38. The number of aliphatic hydroxyl groups is 2. The van der Waals surface area contributed by atoms with Crippen LogP contribution in [0.4, 0.5) is 0 Å². The summed E-state index contributed by atoms with van der Waals surface area (Å²) in [6.45, 7) is 3.74. The van der Waals surface area contributed by atoms with Crippen LogP contribution in [0.15, 0.2) is 24.3 Å². The molecule has 0 radical (unpaired) electrons. The zero-order valence-electron chi connectivity index (χ0n) is 11.8. The predicted octanol–water partition coefficient (Wildman–Crippen LogP) is 2.75. The number of hydrogen-bond donors (Lipinski definition) is 3. The highest BCUT2D eigenvalue weighted by atomic mass is 35.5. The molecule has 2 aromatic rings. The molecular weight excluding hydrogens is 311 g/mol. The highest BCUT2D eigenvalue weighted by Crippen LogP contribution is 2.33. The van der Waals surface area contributed by atoms with Crippen molar-refractivity contribution in [2.75, 3.05) is 6.54 Å². The summed E-state index contributed by atoms with van der Waals surface area (Å²) < 4.78 is 1.90. The minimum Gasteiger partial charge on any atom is -0.389 e. The van der Waals surface area contributed by atoms with Gasteiger partial charge in [0.1, 0.15) is 6.10 Å². The summed E-state index contributed by atoms with van der Waals surface area (Å²) in [5.74, 6) is 0. The third-order valence-electron chi connectivity index (χ3n) is 3.57. The van der Waals surface area contributed by atoms with E-state index in [-0.39, 0.29) is 6.54 Å². The lowest BCUT2D eigenvalue weighted by Crippen LogP contribution is -2.27. The quantitative estimate of drug-likeness (QED) is 0.808. The van der Waals surface area contributed by atoms with Crippen molar-refractivity contribution in [3.8, 4) is 5.69 Å². The van der Waals surface area contributed by atoms with Gasteiger partial charge >= 0.3 is 0 Å². The Bertz CT molecular complexity index is 655. The molecule has 21 heavy (non-hydrogen) atoms. The second-order valence-electron chi connectivity index (χ2n) is 4.98. The van der Waals surface area contributed by atoms with Crippen LogP contribution in [0.2, 0.25) is 10.0 Å². The summed E-state index contributed by atoms with van der Waals surface area (Å²) in [6.07, 6.45) is -2.04. The summed E-state index contributed by atoms with van der Waals surface area (Å²) in [5.41, 5.74) is 8.44. The lowest BCUT2D eigenvalue weighted by atomic mass is 10.1. The van der Waals surface area contributed by atoms with Gasteiger partial charge in [-0.2, -0.15) is 0 Å². The molecule has 0 amide bonds. The summed E-state index contributed by atoms with van der Waals surface area (Å²) in [4.78, 5) is 0. The van der Waals surface area contributed by atoms with Crippen LogP contribution in [0.25, 0.3) is 5.69 Å². The van der Waals surface area contributed by atoms with Gasteiger partial charge in [0.15, 0.2) is 0 Å². The van der Waals surface area contributed by atoms with E-state index in [0.717, 1.165) is 17.1 Å². The number of benzene rings is 1. The maximum atomic E-state index is 10.2. The van der Waals surface area contributed by atoms with Gasteiger partial charge in [0.25, 0.3) is 0 Å². The Morgan fingerprint density at radius 3 is 2.52 bits per heavy atom. The molecule has 0 aliphatic heterocycles. The minimum atomic E-state index is -1.03. The highest BCUT2D eigenvalue weighted by molar-refractivity contribution is 6.43. The fourth-order valence-corrected chi connectivity index (χ4v) is 2.84. The Morgan fingerprint density at radius 1 is 1.24 bits per heavy atom. The van der Waals surface area contributed by atoms with Crippen molar-refractivity contribution in [1.82, 2.24) is 4.57 Å². The van der Waals surface area contributed by atoms with E-state index < -0.39 is 12.2 Å². The van der Waals surface area contributed by atoms with Gasteiger partial charge in [0.2, 0.25) is 0 Å². The normalized spacial score (nSPS) is 14.2. The number of hydrogen-bond acceptors (Lipinski definition) is 3. The van der Waals surface area contributed by atoms with Gasteiger partial charge in [-0.25, -0.2) is 0 Å². The van der Waals surface area contributed by atoms with E-state index in [9.17, 15) is 10.2 Å². The molecule has 2 rings (SSSR count). The number of rotatable bonds is 4. The molecule has 0 aliphatic carbocycles. The van der Waals surface area contributed by atoms with E-state index in [4.69, 9.17) is 28.9 Å². The second kappa shape index (κ2) is 6.38. The molecule has 1 heterocycles. The summed E-state index contributed by atoms with van der Waals surface area (Å²) >= 11 is 12.3. The first-order valence-electron chi connectivity index (χ1n) is 6.58. The molecule has 0 saturated carbocycles. The van der Waals surface area contributed by atoms with Crippen LogP contribution < -0.4 is 5.73 Å². The van der Waals surface area contributed by atoms with Crippen LogP contribution in [-0.4, -0.2) is 27.4 Å². The molecule has 0 spiro atoms. The minimum absolute atomic E-state index is 0.0112. The van der Waals surface area contributed by atoms with Gasteiger partial charge in [-0.1, -0.05) is 29.3 Å². The zero-order chi connectivity index (χ0) is 15.7. The van der Waals surface area contributed by atoms with Crippen LogP contribution >= 0.6 is 23.2 Å². The highest BCUT2D eigenvalue weighted by Gasteiger charge is 2.23. The average Bonchev–Trinajstić information content (AvgIpc) is 2.75. The number of halogens is 2. The maximum Gasteiger partial charge on any atom is 0.108 e. The number of aliphatic hydroxyl groups excluding tert-OH is 2. The van der Waals surface area contributed by atoms with Gasteiger partial charge < -0.3 is 20.5 Å². The first-order chi connectivity index (χ1) is 9.88. The van der Waals surface area contributed by atoms with Crippen molar-refractivity contribution in [1.29, 1.82) is 0 Å². The smallest absolute Gasteiger partial charge is 0.108 e. The molecule has 4 nitrogen and oxygen atoms in total. The van der Waals surface area contributed by atoms with Crippen molar-refractivity contribution in [3.63, 3.8) is 0 Å². The largest absolute Gasteiger partial charge is 0.389 e. The number of nitrogens with two attached hydrogens (primary N) is 1. The van der Waals surface area contributed by atoms with Gasteiger partial charge in [0, 0.05) is 23.5 Å². The van der Waals surface area contributed by atoms with E-state index in [1.807, 2.05) is 36.6 Å². The lowest BCUT2D eigenvalue weighted by Gasteiger charge is -2.17. The van der Waals surface area contributed by atoms with E-state index >= 15 is 0 Å². The van der Waals surface area contributed by atoms with Gasteiger partial charge in [-0.05, 0) is 32.0 Å². The molecule has 2 unspecified atom stereocenters. The summed E-state index contributed by atoms with van der Waals surface area (Å²) in [5, 5.41) is 20.8. The van der Waals surface area contributed by atoms with Crippen LogP contribution in [-0.2, 0) is 0 Å². The lowest BCUT2D eigenvalue weighted by molar-refractivity contribution is 0.0240. The Balaban J connectivity index is 2.57. The van der Waals surface area contributed by atoms with Gasteiger partial charge in [-0.3, -0.25) is 0 Å². The molecular formula is C15H18Cl2N2O2. The fourth-order valence-electron chi connectivity index (χ4n) is 2.46. The maximum absolute atomic E-state index is 10.2. The van der Waals surface area contributed by atoms with Crippen LogP contribution in [0, 0.1) is 13.8 Å². The topological polar surface area (TPSA) is 71.4 Å². The van der Waals surface area contributed by atoms with Crippen LogP contribution in [0.3, 0.4) is 0 Å². The predicted molar refractivity (Wildman–Crippen MR) is 85.3 cm³/mol. The Labute approximate surface area is 133 Å². The van der Waals surface area contributed by atoms with Crippen molar-refractivity contribution in [3.05, 3.63) is 51.3 Å². The van der Waals surface area contributed by atoms with E-state index in [0.29, 0.717) is 15.6 Å². The number of nitrogens with zero attached hydrogens (tertiary/aromatic N) is 1. The van der Waals surface area contributed by atoms with Crippen molar-refractivity contribution in [2.45, 2.75) is 26.1 Å². The number of aromatic nitrogens is 1. The van der Waals surface area contributed by atoms with Crippen LogP contribution in [0.5, 0.6) is 0 Å². The Hall–Kier alpha value is -1.04. The second-order valence-corrected chi connectivity index (χ2v) is 5.77. The average molecular weight is 329 g/mol. The first kappa shape index (κ1) is 16.3. The van der Waals surface area contributed by atoms with Crippen molar-refractivity contribution >= 4 is 23.2 Å². The van der Waals surface area contributed by atoms with E-state index in [1.165, 1.54) is 0 Å². The van der Waals surface area contributed by atoms with Crippen LogP contribution in [0.1, 0.15) is 23.1 Å². The molecule has 1 aromatic carbocycles. The Kier molecular flexibility index (Phi) is 4.96. The van der Waals surface area contributed by atoms with E-state index in [2.05, 4.69) is 0 Å².